The van der Waals surface area contributed by atoms with Gasteiger partial charge >= 0.3 is 0 Å². The maximum atomic E-state index is 11.2. The third-order valence-electron chi connectivity index (χ3n) is 2.41. The van der Waals surface area contributed by atoms with E-state index in [1.54, 1.807) is 6.92 Å². The van der Waals surface area contributed by atoms with Gasteiger partial charge in [-0.1, -0.05) is 0 Å². The fourth-order valence-electron chi connectivity index (χ4n) is 1.63. The van der Waals surface area contributed by atoms with Crippen molar-refractivity contribution in [1.82, 2.24) is 9.38 Å². The summed E-state index contributed by atoms with van der Waals surface area (Å²) in [6, 6.07) is 3.71. The van der Waals surface area contributed by atoms with Crippen molar-refractivity contribution in [1.29, 1.82) is 0 Å². The van der Waals surface area contributed by atoms with Gasteiger partial charge < -0.3 is 4.40 Å². The zero-order chi connectivity index (χ0) is 10.3. The minimum atomic E-state index is 0.0887. The van der Waals surface area contributed by atoms with Gasteiger partial charge in [0.2, 0.25) is 0 Å². The van der Waals surface area contributed by atoms with Crippen molar-refractivity contribution < 1.29 is 4.79 Å². The summed E-state index contributed by atoms with van der Waals surface area (Å²) in [5, 5.41) is 0. The van der Waals surface area contributed by atoms with Crippen LogP contribution in [-0.2, 0) is 0 Å². The lowest BCUT2D eigenvalue weighted by atomic mass is 10.2. The summed E-state index contributed by atoms with van der Waals surface area (Å²) in [5.74, 6) is 1.04. The molecule has 2 aromatic heterocycles. The largest absolute Gasteiger partial charge is 0.304 e. The third-order valence-corrected chi connectivity index (χ3v) is 2.41. The fraction of sp³-hybridized carbons (Fsp3) is 0.273. The molecule has 0 aliphatic heterocycles. The van der Waals surface area contributed by atoms with E-state index in [-0.39, 0.29) is 5.78 Å². The lowest BCUT2D eigenvalue weighted by Crippen LogP contribution is -1.94. The van der Waals surface area contributed by atoms with Gasteiger partial charge in [0.05, 0.1) is 11.2 Å². The first-order valence-electron chi connectivity index (χ1n) is 4.56. The minimum absolute atomic E-state index is 0.0887. The molecule has 0 amide bonds. The van der Waals surface area contributed by atoms with Crippen LogP contribution in [0, 0.1) is 13.8 Å². The molecule has 0 atom stereocenters. The Balaban J connectivity index is 2.77. The van der Waals surface area contributed by atoms with Crippen molar-refractivity contribution in [3.8, 4) is 0 Å². The molecule has 0 radical (unpaired) electrons. The van der Waals surface area contributed by atoms with Gasteiger partial charge in [0.25, 0.3) is 0 Å². The molecule has 0 aromatic carbocycles. The summed E-state index contributed by atoms with van der Waals surface area (Å²) in [6.07, 6.45) is 1.89. The molecule has 0 saturated heterocycles. The lowest BCUT2D eigenvalue weighted by molar-refractivity contribution is 0.101. The van der Waals surface area contributed by atoms with Crippen LogP contribution in [0.2, 0.25) is 0 Å². The van der Waals surface area contributed by atoms with Crippen LogP contribution in [0.5, 0.6) is 0 Å². The molecule has 2 heterocycles. The Morgan fingerprint density at radius 1 is 1.43 bits per heavy atom. The van der Waals surface area contributed by atoms with Gasteiger partial charge in [-0.05, 0) is 32.9 Å². The first-order valence-corrected chi connectivity index (χ1v) is 4.56. The summed E-state index contributed by atoms with van der Waals surface area (Å²) >= 11 is 0. The Kier molecular flexibility index (Phi) is 1.88. The lowest BCUT2D eigenvalue weighted by Gasteiger charge is -1.99. The second-order valence-electron chi connectivity index (χ2n) is 3.47. The van der Waals surface area contributed by atoms with Crippen LogP contribution in [-0.4, -0.2) is 15.2 Å². The van der Waals surface area contributed by atoms with Crippen molar-refractivity contribution in [3.05, 3.63) is 35.4 Å². The number of hydrogen-bond acceptors (Lipinski definition) is 2. The van der Waals surface area contributed by atoms with E-state index < -0.39 is 0 Å². The van der Waals surface area contributed by atoms with Gasteiger partial charge in [-0.2, -0.15) is 0 Å². The smallest absolute Gasteiger partial charge is 0.159 e. The van der Waals surface area contributed by atoms with Crippen LogP contribution in [0.15, 0.2) is 18.3 Å². The molecule has 0 saturated carbocycles. The van der Waals surface area contributed by atoms with Gasteiger partial charge in [-0.25, -0.2) is 4.98 Å². The van der Waals surface area contributed by atoms with Crippen LogP contribution in [0.1, 0.15) is 28.8 Å². The molecule has 0 fully saturated rings. The van der Waals surface area contributed by atoms with Crippen molar-refractivity contribution in [2.24, 2.45) is 0 Å². The zero-order valence-electron chi connectivity index (χ0n) is 8.53. The fourth-order valence-corrected chi connectivity index (χ4v) is 1.63. The molecule has 0 unspecified atom stereocenters. The number of imidazole rings is 1. The standard InChI is InChI=1S/C11H12N2O/c1-7-11-6-10(8(2)14)4-5-13(11)9(3)12-7/h4-6H,1-3H3. The minimum Gasteiger partial charge on any atom is -0.304 e. The molecule has 0 N–H and O–H groups in total. The monoisotopic (exact) mass is 188 g/mol. The molecular formula is C11H12N2O. The summed E-state index contributed by atoms with van der Waals surface area (Å²) in [4.78, 5) is 15.5. The van der Waals surface area contributed by atoms with Gasteiger partial charge in [-0.15, -0.1) is 0 Å². The first kappa shape index (κ1) is 8.94. The highest BCUT2D eigenvalue weighted by atomic mass is 16.1. The Bertz CT molecular complexity index is 511. The number of Topliss-reactive ketones (excluding diaryl/α,β-unsaturated/α-hetero) is 1. The molecule has 3 heteroatoms. The third kappa shape index (κ3) is 1.21. The predicted octanol–water partition coefficient (Wildman–Crippen LogP) is 2.15. The average molecular weight is 188 g/mol. The van der Waals surface area contributed by atoms with E-state index in [0.29, 0.717) is 0 Å². The van der Waals surface area contributed by atoms with Crippen LogP contribution in [0.3, 0.4) is 0 Å². The summed E-state index contributed by atoms with van der Waals surface area (Å²) < 4.78 is 1.99. The zero-order valence-corrected chi connectivity index (χ0v) is 8.53. The topological polar surface area (TPSA) is 34.4 Å². The van der Waals surface area contributed by atoms with E-state index in [1.165, 1.54) is 0 Å². The highest BCUT2D eigenvalue weighted by Gasteiger charge is 2.06. The van der Waals surface area contributed by atoms with Crippen LogP contribution in [0.4, 0.5) is 0 Å². The number of carbonyl (C=O) groups is 1. The maximum Gasteiger partial charge on any atom is 0.159 e. The number of aryl methyl sites for hydroxylation is 2. The number of pyridine rings is 1. The van der Waals surface area contributed by atoms with Crippen molar-refractivity contribution >= 4 is 11.3 Å². The summed E-state index contributed by atoms with van der Waals surface area (Å²) in [7, 11) is 0. The second-order valence-corrected chi connectivity index (χ2v) is 3.47. The second kappa shape index (κ2) is 2.94. The highest BCUT2D eigenvalue weighted by Crippen LogP contribution is 2.14. The summed E-state index contributed by atoms with van der Waals surface area (Å²) in [5.41, 5.74) is 2.71. The molecular weight excluding hydrogens is 176 g/mol. The number of carbonyl (C=O) groups excluding carboxylic acids is 1. The average Bonchev–Trinajstić information content (AvgIpc) is 2.42. The predicted molar refractivity (Wildman–Crippen MR) is 54.7 cm³/mol. The normalized spacial score (nSPS) is 10.8. The molecule has 72 valence electrons. The Labute approximate surface area is 82.4 Å². The quantitative estimate of drug-likeness (QED) is 0.642. The molecule has 14 heavy (non-hydrogen) atoms. The van der Waals surface area contributed by atoms with E-state index in [0.717, 1.165) is 22.6 Å². The first-order chi connectivity index (χ1) is 6.59. The number of rotatable bonds is 1. The van der Waals surface area contributed by atoms with Crippen molar-refractivity contribution in [2.75, 3.05) is 0 Å². The van der Waals surface area contributed by atoms with Gasteiger partial charge in [0.1, 0.15) is 5.82 Å². The number of hydrogen-bond donors (Lipinski definition) is 0. The Hall–Kier alpha value is -1.64. The number of ketones is 1. The summed E-state index contributed by atoms with van der Waals surface area (Å²) in [6.45, 7) is 5.48. The van der Waals surface area contributed by atoms with E-state index in [9.17, 15) is 4.79 Å². The maximum absolute atomic E-state index is 11.2. The van der Waals surface area contributed by atoms with E-state index >= 15 is 0 Å². The van der Waals surface area contributed by atoms with E-state index in [1.807, 2.05) is 36.6 Å². The van der Waals surface area contributed by atoms with Gasteiger partial charge in [0.15, 0.2) is 5.78 Å². The number of fused-ring (bicyclic) bond motifs is 1. The number of aromatic nitrogens is 2. The molecule has 0 aliphatic rings. The van der Waals surface area contributed by atoms with Crippen LogP contribution < -0.4 is 0 Å². The van der Waals surface area contributed by atoms with Crippen molar-refractivity contribution in [2.45, 2.75) is 20.8 Å². The molecule has 2 rings (SSSR count). The molecule has 0 bridgehead atoms. The number of nitrogens with zero attached hydrogens (tertiary/aromatic N) is 2. The van der Waals surface area contributed by atoms with Crippen LogP contribution >= 0.6 is 0 Å². The highest BCUT2D eigenvalue weighted by molar-refractivity contribution is 5.95. The SMILES string of the molecule is CC(=O)c1ccn2c(C)nc(C)c2c1. The Morgan fingerprint density at radius 3 is 2.79 bits per heavy atom. The molecule has 3 nitrogen and oxygen atoms in total. The van der Waals surface area contributed by atoms with Crippen LogP contribution in [0.25, 0.3) is 5.52 Å². The van der Waals surface area contributed by atoms with E-state index in [4.69, 9.17) is 0 Å². The van der Waals surface area contributed by atoms with Gasteiger partial charge in [0, 0.05) is 11.8 Å². The molecule has 0 spiro atoms. The van der Waals surface area contributed by atoms with E-state index in [2.05, 4.69) is 4.98 Å². The molecule has 0 aliphatic carbocycles. The van der Waals surface area contributed by atoms with Gasteiger partial charge in [-0.3, -0.25) is 4.79 Å². The Morgan fingerprint density at radius 2 is 2.14 bits per heavy atom. The van der Waals surface area contributed by atoms with Crippen molar-refractivity contribution in [3.63, 3.8) is 0 Å². The molecule has 2 aromatic rings.